The molecule has 0 unspecified atom stereocenters. The summed E-state index contributed by atoms with van der Waals surface area (Å²) in [6.45, 7) is 5.92. The highest BCUT2D eigenvalue weighted by molar-refractivity contribution is 7.99. The van der Waals surface area contributed by atoms with Crippen molar-refractivity contribution in [3.63, 3.8) is 0 Å². The Morgan fingerprint density at radius 3 is 2.33 bits per heavy atom. The Bertz CT molecular complexity index is 1030. The van der Waals surface area contributed by atoms with Crippen LogP contribution in [0.4, 0.5) is 0 Å². The van der Waals surface area contributed by atoms with Crippen LogP contribution in [-0.2, 0) is 13.0 Å². The van der Waals surface area contributed by atoms with E-state index in [9.17, 15) is 0 Å². The van der Waals surface area contributed by atoms with Crippen molar-refractivity contribution in [1.82, 2.24) is 0 Å². The van der Waals surface area contributed by atoms with Crippen LogP contribution in [0.2, 0.25) is 10.0 Å². The summed E-state index contributed by atoms with van der Waals surface area (Å²) in [5.41, 5.74) is 4.22. The molecule has 0 saturated carbocycles. The van der Waals surface area contributed by atoms with Crippen molar-refractivity contribution in [2.24, 2.45) is 0 Å². The van der Waals surface area contributed by atoms with Gasteiger partial charge in [-0.15, -0.1) is 0 Å². The highest BCUT2D eigenvalue weighted by atomic mass is 35.5. The summed E-state index contributed by atoms with van der Waals surface area (Å²) >= 11 is 14.6. The molecule has 2 N–H and O–H groups in total. The van der Waals surface area contributed by atoms with Crippen molar-refractivity contribution in [2.45, 2.75) is 28.8 Å². The van der Waals surface area contributed by atoms with Gasteiger partial charge in [-0.05, 0) is 35.9 Å². The van der Waals surface area contributed by atoms with Crippen molar-refractivity contribution in [3.05, 3.63) is 93.5 Å². The largest absolute Gasteiger partial charge is 0.322 e. The number of quaternary nitrogens is 2. The fourth-order valence-electron chi connectivity index (χ4n) is 4.84. The van der Waals surface area contributed by atoms with Gasteiger partial charge in [-0.2, -0.15) is 0 Å². The van der Waals surface area contributed by atoms with Gasteiger partial charge in [0.1, 0.15) is 38.8 Å². The zero-order valence-electron chi connectivity index (χ0n) is 16.8. The molecule has 0 amide bonds. The first-order valence-corrected chi connectivity index (χ1v) is 12.2. The van der Waals surface area contributed by atoms with Gasteiger partial charge in [0.2, 0.25) is 0 Å². The standard InChI is InChI=1S/C25H24Cl2N2S/c26-20-7-9-24-19(14-20)15-23(22-8-6-21(27)16-25(22)30-24)29-12-10-28(11-13-29)17-18-4-2-1-3-5-18/h1-9,14,16,23H,10-13,15,17H2/p+2/t23-/m0/s1. The lowest BCUT2D eigenvalue weighted by molar-refractivity contribution is -1.03. The molecular formula is C25H26Cl2N2S+2. The second-order valence-electron chi connectivity index (χ2n) is 8.36. The fraction of sp³-hybridized carbons (Fsp3) is 0.280. The van der Waals surface area contributed by atoms with E-state index in [1.807, 2.05) is 23.9 Å². The third-order valence-electron chi connectivity index (χ3n) is 6.41. The molecule has 0 aromatic heterocycles. The molecular weight excluding hydrogens is 431 g/mol. The van der Waals surface area contributed by atoms with Gasteiger partial charge in [-0.25, -0.2) is 0 Å². The summed E-state index contributed by atoms with van der Waals surface area (Å²) < 4.78 is 0. The van der Waals surface area contributed by atoms with Gasteiger partial charge in [0, 0.05) is 37.4 Å². The molecule has 5 heteroatoms. The minimum absolute atomic E-state index is 0.447. The number of hydrogen-bond donors (Lipinski definition) is 2. The summed E-state index contributed by atoms with van der Waals surface area (Å²) in [6.07, 6.45) is 1.03. The highest BCUT2D eigenvalue weighted by Gasteiger charge is 2.34. The number of rotatable bonds is 3. The predicted octanol–water partition coefficient (Wildman–Crippen LogP) is 3.73. The predicted molar refractivity (Wildman–Crippen MR) is 125 cm³/mol. The molecule has 0 radical (unpaired) electrons. The molecule has 2 heterocycles. The van der Waals surface area contributed by atoms with E-state index in [4.69, 9.17) is 23.2 Å². The van der Waals surface area contributed by atoms with Gasteiger partial charge in [0.25, 0.3) is 0 Å². The molecule has 2 aliphatic rings. The molecule has 1 saturated heterocycles. The third-order valence-corrected chi connectivity index (χ3v) is 8.07. The third kappa shape index (κ3) is 4.42. The summed E-state index contributed by atoms with van der Waals surface area (Å²) in [4.78, 5) is 5.97. The normalized spacial score (nSPS) is 23.3. The molecule has 1 atom stereocenters. The maximum Gasteiger partial charge on any atom is 0.128 e. The summed E-state index contributed by atoms with van der Waals surface area (Å²) in [6, 6.07) is 24.1. The molecule has 3 aromatic rings. The zero-order chi connectivity index (χ0) is 20.5. The monoisotopic (exact) mass is 456 g/mol. The Hall–Kier alpha value is -1.49. The lowest BCUT2D eigenvalue weighted by Crippen LogP contribution is -3.27. The van der Waals surface area contributed by atoms with Crippen molar-refractivity contribution in [1.29, 1.82) is 0 Å². The van der Waals surface area contributed by atoms with Crippen molar-refractivity contribution < 1.29 is 9.80 Å². The van der Waals surface area contributed by atoms with Gasteiger partial charge in [0.15, 0.2) is 0 Å². The number of halogens is 2. The van der Waals surface area contributed by atoms with Crippen molar-refractivity contribution in [3.8, 4) is 0 Å². The van der Waals surface area contributed by atoms with Crippen LogP contribution < -0.4 is 9.80 Å². The minimum Gasteiger partial charge on any atom is -0.322 e. The molecule has 0 spiro atoms. The molecule has 30 heavy (non-hydrogen) atoms. The Labute approximate surface area is 192 Å². The van der Waals surface area contributed by atoms with Crippen LogP contribution >= 0.6 is 35.0 Å². The number of benzene rings is 3. The molecule has 1 fully saturated rings. The molecule has 3 aromatic carbocycles. The molecule has 5 rings (SSSR count). The van der Waals surface area contributed by atoms with Crippen molar-refractivity contribution >= 4 is 35.0 Å². The highest BCUT2D eigenvalue weighted by Crippen LogP contribution is 2.41. The van der Waals surface area contributed by atoms with Gasteiger partial charge in [0.05, 0.1) is 0 Å². The first-order valence-electron chi connectivity index (χ1n) is 10.6. The summed E-state index contributed by atoms with van der Waals surface area (Å²) in [5, 5.41) is 1.63. The van der Waals surface area contributed by atoms with Gasteiger partial charge < -0.3 is 9.80 Å². The first kappa shape index (κ1) is 20.4. The fourth-order valence-corrected chi connectivity index (χ4v) is 6.43. The molecule has 0 bridgehead atoms. The number of nitrogens with one attached hydrogen (secondary N) is 2. The van der Waals surface area contributed by atoms with E-state index in [1.54, 1.807) is 9.80 Å². The smallest absolute Gasteiger partial charge is 0.128 e. The van der Waals surface area contributed by atoms with E-state index in [2.05, 4.69) is 54.6 Å². The van der Waals surface area contributed by atoms with Crippen LogP contribution in [0.1, 0.15) is 22.7 Å². The number of fused-ring (bicyclic) bond motifs is 2. The maximum absolute atomic E-state index is 6.37. The zero-order valence-corrected chi connectivity index (χ0v) is 19.2. The molecule has 2 nitrogen and oxygen atoms in total. The second-order valence-corrected chi connectivity index (χ2v) is 10.3. The van der Waals surface area contributed by atoms with Crippen LogP contribution in [0.25, 0.3) is 0 Å². The van der Waals surface area contributed by atoms with Crippen LogP contribution in [-0.4, -0.2) is 26.2 Å². The van der Waals surface area contributed by atoms with E-state index in [0.29, 0.717) is 6.04 Å². The molecule has 2 aliphatic heterocycles. The Kier molecular flexibility index (Phi) is 6.08. The average molecular weight is 457 g/mol. The summed E-state index contributed by atoms with van der Waals surface area (Å²) in [5.74, 6) is 0. The van der Waals surface area contributed by atoms with E-state index >= 15 is 0 Å². The SMILES string of the molecule is Clc1ccc2c(c1)C[C@H]([NH+]1CC[NH+](Cc3ccccc3)CC1)c1ccc(Cl)cc1S2. The van der Waals surface area contributed by atoms with E-state index in [0.717, 1.165) is 23.0 Å². The van der Waals surface area contributed by atoms with Gasteiger partial charge in [-0.1, -0.05) is 71.4 Å². The molecule has 154 valence electrons. The quantitative estimate of drug-likeness (QED) is 0.610. The van der Waals surface area contributed by atoms with Gasteiger partial charge in [-0.3, -0.25) is 0 Å². The summed E-state index contributed by atoms with van der Waals surface area (Å²) in [7, 11) is 0. The van der Waals surface area contributed by atoms with E-state index < -0.39 is 0 Å². The van der Waals surface area contributed by atoms with Crippen molar-refractivity contribution in [2.75, 3.05) is 26.2 Å². The molecule has 0 aliphatic carbocycles. The Morgan fingerprint density at radius 1 is 0.800 bits per heavy atom. The van der Waals surface area contributed by atoms with Crippen LogP contribution in [0.15, 0.2) is 76.5 Å². The first-order chi connectivity index (χ1) is 14.7. The Balaban J connectivity index is 1.38. The maximum atomic E-state index is 6.37. The Morgan fingerprint density at radius 2 is 1.53 bits per heavy atom. The van der Waals surface area contributed by atoms with Gasteiger partial charge >= 0.3 is 0 Å². The average Bonchev–Trinajstić information content (AvgIpc) is 2.91. The number of piperazine rings is 1. The lowest BCUT2D eigenvalue weighted by Gasteiger charge is -2.35. The van der Waals surface area contributed by atoms with E-state index in [1.165, 1.54) is 52.7 Å². The van der Waals surface area contributed by atoms with Crippen LogP contribution in [0.5, 0.6) is 0 Å². The number of hydrogen-bond acceptors (Lipinski definition) is 1. The topological polar surface area (TPSA) is 8.88 Å². The second kappa shape index (κ2) is 8.94. The lowest BCUT2D eigenvalue weighted by atomic mass is 9.96. The van der Waals surface area contributed by atoms with E-state index in [-0.39, 0.29) is 0 Å². The minimum atomic E-state index is 0.447. The van der Waals surface area contributed by atoms with Crippen LogP contribution in [0, 0.1) is 0 Å². The van der Waals surface area contributed by atoms with Crippen LogP contribution in [0.3, 0.4) is 0 Å².